The van der Waals surface area contributed by atoms with Crippen LogP contribution in [0, 0.1) is 0 Å². The van der Waals surface area contributed by atoms with Crippen LogP contribution < -0.4 is 0 Å². The summed E-state index contributed by atoms with van der Waals surface area (Å²) in [5, 5.41) is 11.6. The molecule has 11 rings (SSSR count). The predicted molar refractivity (Wildman–Crippen MR) is 219 cm³/mol. The van der Waals surface area contributed by atoms with Gasteiger partial charge in [0.2, 0.25) is 0 Å². The Morgan fingerprint density at radius 1 is 0.302 bits per heavy atom. The molecule has 0 atom stereocenters. The fraction of sp³-hybridized carbons (Fsp3) is 0. The zero-order chi connectivity index (χ0) is 34.9. The van der Waals surface area contributed by atoms with Gasteiger partial charge >= 0.3 is 0 Å². The molecule has 9 aromatic carbocycles. The molecular weight excluding hydrogens is 647 g/mol. The summed E-state index contributed by atoms with van der Waals surface area (Å²) in [6, 6.07) is 61.7. The van der Waals surface area contributed by atoms with Gasteiger partial charge in [-0.25, -0.2) is 15.0 Å². The summed E-state index contributed by atoms with van der Waals surface area (Å²) in [6.45, 7) is 0. The predicted octanol–water partition coefficient (Wildman–Crippen LogP) is 13.1. The Balaban J connectivity index is 1.14. The molecule has 0 bridgehead atoms. The number of hydrogen-bond acceptors (Lipinski definition) is 4. The number of fused-ring (bicyclic) bond motifs is 9. The van der Waals surface area contributed by atoms with Crippen molar-refractivity contribution in [2.75, 3.05) is 0 Å². The van der Waals surface area contributed by atoms with E-state index in [1.165, 1.54) is 32.3 Å². The molecule has 0 aliphatic rings. The van der Waals surface area contributed by atoms with Gasteiger partial charge < -0.3 is 4.42 Å². The van der Waals surface area contributed by atoms with Crippen molar-refractivity contribution in [2.24, 2.45) is 0 Å². The van der Waals surface area contributed by atoms with Crippen LogP contribution in [-0.2, 0) is 0 Å². The largest absolute Gasteiger partial charge is 0.456 e. The van der Waals surface area contributed by atoms with Gasteiger partial charge in [-0.05, 0) is 79.2 Å². The van der Waals surface area contributed by atoms with Gasteiger partial charge in [-0.2, -0.15) is 0 Å². The Kier molecular flexibility index (Phi) is 6.52. The number of para-hydroxylation sites is 1. The molecular formula is C49H29N3O. The summed E-state index contributed by atoms with van der Waals surface area (Å²) in [4.78, 5) is 15.5. The minimum atomic E-state index is 0.628. The van der Waals surface area contributed by atoms with Gasteiger partial charge in [-0.1, -0.05) is 146 Å². The SMILES string of the molecule is c1ccc(-c2nc(-c3ccc4ccccc4c3)nc(-c3ccc4ccccc4c3)n2)c(-c2ccc3ccc4ccc5oc6ccccc6c5c4c3c2)c1. The molecule has 0 radical (unpaired) electrons. The van der Waals surface area contributed by atoms with Crippen molar-refractivity contribution >= 4 is 65.0 Å². The molecule has 0 amide bonds. The molecule has 2 heterocycles. The van der Waals surface area contributed by atoms with E-state index in [9.17, 15) is 0 Å². The van der Waals surface area contributed by atoms with Crippen LogP contribution in [-0.4, -0.2) is 15.0 Å². The van der Waals surface area contributed by atoms with E-state index in [0.717, 1.165) is 60.5 Å². The summed E-state index contributed by atoms with van der Waals surface area (Å²) in [5.74, 6) is 1.90. The number of nitrogens with zero attached hydrogens (tertiary/aromatic N) is 3. The first-order chi connectivity index (χ1) is 26.2. The molecule has 0 unspecified atom stereocenters. The first-order valence-corrected chi connectivity index (χ1v) is 17.8. The Bertz CT molecular complexity index is 3150. The van der Waals surface area contributed by atoms with Crippen molar-refractivity contribution in [3.63, 3.8) is 0 Å². The third kappa shape index (κ3) is 4.88. The third-order valence-corrected chi connectivity index (χ3v) is 10.5. The lowest BCUT2D eigenvalue weighted by Gasteiger charge is -2.14. The Hall–Kier alpha value is -7.17. The Morgan fingerprint density at radius 2 is 0.830 bits per heavy atom. The maximum absolute atomic E-state index is 6.32. The number of aromatic nitrogens is 3. The highest BCUT2D eigenvalue weighted by Gasteiger charge is 2.18. The highest BCUT2D eigenvalue weighted by molar-refractivity contribution is 6.27. The van der Waals surface area contributed by atoms with E-state index in [4.69, 9.17) is 19.4 Å². The van der Waals surface area contributed by atoms with Crippen molar-refractivity contribution in [3.8, 4) is 45.3 Å². The molecule has 0 aliphatic heterocycles. The molecule has 0 spiro atoms. The van der Waals surface area contributed by atoms with E-state index in [0.29, 0.717) is 17.5 Å². The second-order valence-electron chi connectivity index (χ2n) is 13.6. The smallest absolute Gasteiger partial charge is 0.164 e. The quantitative estimate of drug-likeness (QED) is 0.174. The molecule has 53 heavy (non-hydrogen) atoms. The van der Waals surface area contributed by atoms with Crippen molar-refractivity contribution in [2.45, 2.75) is 0 Å². The van der Waals surface area contributed by atoms with E-state index < -0.39 is 0 Å². The fourth-order valence-electron chi connectivity index (χ4n) is 7.87. The standard InChI is InChI=1S/C49H29N3O/c1-3-11-34-27-37(23-17-30(34)9-1)47-50-48(38-24-18-31-10-2-4-12-35(31)28-38)52-49(51-47)40-14-6-5-13-39(40)36-22-20-32-19-21-33-25-26-44-46(45(33)42(32)29-36)41-15-7-8-16-43(41)53-44/h1-29H. The van der Waals surface area contributed by atoms with Crippen LogP contribution in [0.4, 0.5) is 0 Å². The first-order valence-electron chi connectivity index (χ1n) is 17.8. The summed E-state index contributed by atoms with van der Waals surface area (Å²) in [7, 11) is 0. The van der Waals surface area contributed by atoms with Crippen LogP contribution in [0.5, 0.6) is 0 Å². The van der Waals surface area contributed by atoms with Gasteiger partial charge in [0.05, 0.1) is 0 Å². The molecule has 0 saturated heterocycles. The Labute approximate surface area is 304 Å². The molecule has 0 saturated carbocycles. The summed E-state index contributed by atoms with van der Waals surface area (Å²) < 4.78 is 6.32. The average Bonchev–Trinajstić information content (AvgIpc) is 3.62. The van der Waals surface area contributed by atoms with Gasteiger partial charge in [-0.3, -0.25) is 0 Å². The highest BCUT2D eigenvalue weighted by Crippen LogP contribution is 2.41. The summed E-state index contributed by atoms with van der Waals surface area (Å²) in [6.07, 6.45) is 0. The van der Waals surface area contributed by atoms with Crippen molar-refractivity contribution in [1.29, 1.82) is 0 Å². The molecule has 0 N–H and O–H groups in total. The highest BCUT2D eigenvalue weighted by atomic mass is 16.3. The molecule has 0 aliphatic carbocycles. The third-order valence-electron chi connectivity index (χ3n) is 10.5. The molecule has 11 aromatic rings. The zero-order valence-electron chi connectivity index (χ0n) is 28.5. The van der Waals surface area contributed by atoms with E-state index in [-0.39, 0.29) is 0 Å². The van der Waals surface area contributed by atoms with Crippen LogP contribution >= 0.6 is 0 Å². The van der Waals surface area contributed by atoms with E-state index in [1.54, 1.807) is 0 Å². The van der Waals surface area contributed by atoms with Crippen LogP contribution in [0.2, 0.25) is 0 Å². The lowest BCUT2D eigenvalue weighted by atomic mass is 9.93. The van der Waals surface area contributed by atoms with Crippen molar-refractivity contribution in [1.82, 2.24) is 15.0 Å². The van der Waals surface area contributed by atoms with Crippen LogP contribution in [0.1, 0.15) is 0 Å². The zero-order valence-corrected chi connectivity index (χ0v) is 28.5. The lowest BCUT2D eigenvalue weighted by molar-refractivity contribution is 0.669. The minimum absolute atomic E-state index is 0.628. The molecule has 4 heteroatoms. The van der Waals surface area contributed by atoms with Crippen molar-refractivity contribution < 1.29 is 4.42 Å². The minimum Gasteiger partial charge on any atom is -0.456 e. The van der Waals surface area contributed by atoms with Crippen LogP contribution in [0.3, 0.4) is 0 Å². The van der Waals surface area contributed by atoms with E-state index in [2.05, 4.69) is 164 Å². The molecule has 2 aromatic heterocycles. The average molecular weight is 676 g/mol. The summed E-state index contributed by atoms with van der Waals surface area (Å²) in [5.41, 5.74) is 6.76. The number of rotatable bonds is 4. The number of benzene rings is 9. The van der Waals surface area contributed by atoms with E-state index in [1.807, 2.05) is 12.1 Å². The maximum atomic E-state index is 6.32. The molecule has 0 fully saturated rings. The van der Waals surface area contributed by atoms with Gasteiger partial charge in [0.25, 0.3) is 0 Å². The second-order valence-corrected chi connectivity index (χ2v) is 13.6. The Morgan fingerprint density at radius 3 is 1.57 bits per heavy atom. The van der Waals surface area contributed by atoms with Gasteiger partial charge in [-0.15, -0.1) is 0 Å². The molecule has 4 nitrogen and oxygen atoms in total. The fourth-order valence-corrected chi connectivity index (χ4v) is 7.87. The lowest BCUT2D eigenvalue weighted by Crippen LogP contribution is -2.01. The monoisotopic (exact) mass is 675 g/mol. The number of furan rings is 1. The normalized spacial score (nSPS) is 11.8. The van der Waals surface area contributed by atoms with Gasteiger partial charge in [0.15, 0.2) is 17.5 Å². The maximum Gasteiger partial charge on any atom is 0.164 e. The number of hydrogen-bond donors (Lipinski definition) is 0. The first kappa shape index (κ1) is 29.5. The summed E-state index contributed by atoms with van der Waals surface area (Å²) >= 11 is 0. The van der Waals surface area contributed by atoms with Crippen LogP contribution in [0.15, 0.2) is 180 Å². The molecule has 246 valence electrons. The second kappa shape index (κ2) is 11.7. The van der Waals surface area contributed by atoms with Gasteiger partial charge in [0.1, 0.15) is 11.2 Å². The van der Waals surface area contributed by atoms with Crippen LogP contribution in [0.25, 0.3) is 110 Å². The van der Waals surface area contributed by atoms with Crippen molar-refractivity contribution in [3.05, 3.63) is 176 Å². The topological polar surface area (TPSA) is 51.8 Å². The van der Waals surface area contributed by atoms with E-state index >= 15 is 0 Å². The van der Waals surface area contributed by atoms with Gasteiger partial charge in [0, 0.05) is 32.8 Å².